The normalized spacial score (nSPS) is 12.7. The van der Waals surface area contributed by atoms with Crippen molar-refractivity contribution in [3.05, 3.63) is 131 Å². The van der Waals surface area contributed by atoms with Gasteiger partial charge in [0.1, 0.15) is 0 Å². The van der Waals surface area contributed by atoms with Gasteiger partial charge in [0.2, 0.25) is 0 Å². The Morgan fingerprint density at radius 2 is 0.918 bits per heavy atom. The van der Waals surface area contributed by atoms with Gasteiger partial charge in [0.05, 0.1) is 0 Å². The summed E-state index contributed by atoms with van der Waals surface area (Å²) in [5.41, 5.74) is 18.6. The predicted molar refractivity (Wildman–Crippen MR) is 270 cm³/mol. The lowest BCUT2D eigenvalue weighted by atomic mass is 9.77. The van der Waals surface area contributed by atoms with Gasteiger partial charge in [0, 0.05) is 16.9 Å². The molecule has 1 aliphatic carbocycles. The summed E-state index contributed by atoms with van der Waals surface area (Å²) in [5, 5.41) is 0. The van der Waals surface area contributed by atoms with Crippen LogP contribution in [-0.4, -0.2) is 5.54 Å². The predicted octanol–water partition coefficient (Wildman–Crippen LogP) is 18.4. The number of benzene rings is 5. The van der Waals surface area contributed by atoms with Gasteiger partial charge in [-0.2, -0.15) is 0 Å². The first kappa shape index (κ1) is 46.4. The third-order valence-corrected chi connectivity index (χ3v) is 15.2. The highest BCUT2D eigenvalue weighted by Gasteiger charge is 2.31. The smallest absolute Gasteiger partial charge is 0.0422 e. The molecule has 0 N–H and O–H groups in total. The second-order valence-electron chi connectivity index (χ2n) is 19.2. The molecule has 326 valence electrons. The quantitative estimate of drug-likeness (QED) is 0.0531. The maximum atomic E-state index is 2.64. The highest BCUT2D eigenvalue weighted by atomic mass is 15.2. The summed E-state index contributed by atoms with van der Waals surface area (Å²) < 4.78 is 0. The van der Waals surface area contributed by atoms with E-state index in [0.717, 1.165) is 38.5 Å². The maximum absolute atomic E-state index is 2.64. The van der Waals surface area contributed by atoms with Crippen LogP contribution >= 0.6 is 0 Å². The largest absolute Gasteiger partial charge is 0.336 e. The Balaban J connectivity index is 1.39. The van der Waals surface area contributed by atoms with E-state index in [-0.39, 0.29) is 11.0 Å². The molecule has 5 aromatic carbocycles. The van der Waals surface area contributed by atoms with Crippen molar-refractivity contribution in [2.24, 2.45) is 0 Å². The number of unbranched alkanes of at least 4 members (excludes halogenated alkanes) is 10. The number of aryl methyl sites for hydroxylation is 4. The molecule has 0 unspecified atom stereocenters. The van der Waals surface area contributed by atoms with Gasteiger partial charge in [-0.05, 0) is 162 Å². The van der Waals surface area contributed by atoms with E-state index in [2.05, 4.69) is 163 Å². The fraction of sp³-hybridized carbons (Fsp3) is 0.500. The van der Waals surface area contributed by atoms with E-state index in [0.29, 0.717) is 0 Å². The third kappa shape index (κ3) is 11.3. The molecule has 0 fully saturated rings. The van der Waals surface area contributed by atoms with Crippen molar-refractivity contribution in [1.29, 1.82) is 0 Å². The van der Waals surface area contributed by atoms with Crippen LogP contribution in [0.3, 0.4) is 0 Å². The number of hydrogen-bond acceptors (Lipinski definition) is 1. The van der Waals surface area contributed by atoms with Crippen molar-refractivity contribution in [2.75, 3.05) is 4.90 Å². The number of anilines is 2. The summed E-state index contributed by atoms with van der Waals surface area (Å²) >= 11 is 0. The first-order valence-corrected chi connectivity index (χ1v) is 25.1. The molecule has 0 aromatic heterocycles. The van der Waals surface area contributed by atoms with Crippen molar-refractivity contribution in [3.63, 3.8) is 0 Å². The summed E-state index contributed by atoms with van der Waals surface area (Å²) in [6, 6.07) is 41.1. The first-order chi connectivity index (χ1) is 29.7. The molecule has 0 heterocycles. The van der Waals surface area contributed by atoms with E-state index in [9.17, 15) is 0 Å². The van der Waals surface area contributed by atoms with Crippen molar-refractivity contribution >= 4 is 11.4 Å². The maximum Gasteiger partial charge on any atom is 0.0422 e. The third-order valence-electron chi connectivity index (χ3n) is 15.2. The van der Waals surface area contributed by atoms with E-state index in [1.807, 2.05) is 0 Å². The molecule has 0 amide bonds. The number of fused-ring (bicyclic) bond motifs is 1. The minimum Gasteiger partial charge on any atom is -0.336 e. The number of nitrogens with zero attached hydrogens (tertiary/aromatic N) is 1. The second-order valence-corrected chi connectivity index (χ2v) is 19.2. The van der Waals surface area contributed by atoms with Crippen LogP contribution in [0.2, 0.25) is 0 Å². The van der Waals surface area contributed by atoms with Crippen LogP contribution in [0.5, 0.6) is 0 Å². The minimum absolute atomic E-state index is 0.0171. The van der Waals surface area contributed by atoms with Crippen molar-refractivity contribution < 1.29 is 0 Å². The molecule has 0 aliphatic heterocycles. The molecule has 0 bridgehead atoms. The Morgan fingerprint density at radius 1 is 0.426 bits per heavy atom. The average Bonchev–Trinajstić information content (AvgIpc) is 3.29. The van der Waals surface area contributed by atoms with Crippen LogP contribution in [0.4, 0.5) is 11.4 Å². The van der Waals surface area contributed by atoms with Gasteiger partial charge in [-0.3, -0.25) is 0 Å². The molecule has 61 heavy (non-hydrogen) atoms. The van der Waals surface area contributed by atoms with Gasteiger partial charge in [0.25, 0.3) is 0 Å². The highest BCUT2D eigenvalue weighted by Crippen LogP contribution is 2.42. The topological polar surface area (TPSA) is 3.24 Å². The SMILES string of the molecule is CCCCCCCCc1cc(-c2ccc(C(C)(CC)CC)cc2)c(CCCCCCCC)cc1-c1ccc(N(c2cccc(-c3ccc4c(c3)CC4)c2)C(C)(CC)CC)cc1. The van der Waals surface area contributed by atoms with Crippen LogP contribution in [0, 0.1) is 0 Å². The van der Waals surface area contributed by atoms with Crippen LogP contribution in [-0.2, 0) is 31.1 Å². The van der Waals surface area contributed by atoms with Gasteiger partial charge in [-0.15, -0.1) is 0 Å². The van der Waals surface area contributed by atoms with E-state index in [4.69, 9.17) is 0 Å². The van der Waals surface area contributed by atoms with E-state index in [1.54, 1.807) is 0 Å². The molecule has 1 aliphatic rings. The zero-order chi connectivity index (χ0) is 43.2. The monoisotopic (exact) mass is 816 g/mol. The fourth-order valence-electron chi connectivity index (χ4n) is 9.87. The molecule has 0 saturated carbocycles. The van der Waals surface area contributed by atoms with Gasteiger partial charge in [-0.1, -0.05) is 192 Å². The Hall–Kier alpha value is -4.10. The van der Waals surface area contributed by atoms with Crippen LogP contribution < -0.4 is 4.90 Å². The fourth-order valence-corrected chi connectivity index (χ4v) is 9.87. The standard InChI is InChI=1S/C60H81N/c1-9-15-17-19-21-23-26-52-45-58(53(27-24-22-20-18-16-10-2)44-57(52)47-34-38-54(39-35-47)59(7,11-3)12-4)48-36-40-55(41-37-48)61(60(8,13-5)14-6)56-29-25-28-49(43-56)51-33-31-46-30-32-50(46)42-51/h25,28-29,31,33-45H,9-24,26-27,30,32H2,1-8H3. The molecular weight excluding hydrogens is 735 g/mol. The summed E-state index contributed by atoms with van der Waals surface area (Å²) in [6.07, 6.45) is 25.0. The van der Waals surface area contributed by atoms with Crippen molar-refractivity contribution in [1.82, 2.24) is 0 Å². The Kier molecular flexibility index (Phi) is 17.0. The Bertz CT molecular complexity index is 2090. The summed E-state index contributed by atoms with van der Waals surface area (Å²) in [6.45, 7) is 18.9. The average molecular weight is 816 g/mol. The van der Waals surface area contributed by atoms with Gasteiger partial charge in [0.15, 0.2) is 0 Å². The van der Waals surface area contributed by atoms with Crippen molar-refractivity contribution in [3.8, 4) is 33.4 Å². The van der Waals surface area contributed by atoms with E-state index in [1.165, 1.54) is 162 Å². The number of rotatable bonds is 25. The molecule has 0 saturated heterocycles. The molecule has 6 rings (SSSR count). The van der Waals surface area contributed by atoms with Gasteiger partial charge < -0.3 is 4.90 Å². The number of hydrogen-bond donors (Lipinski definition) is 0. The summed E-state index contributed by atoms with van der Waals surface area (Å²) in [7, 11) is 0. The highest BCUT2D eigenvalue weighted by molar-refractivity contribution is 5.79. The molecule has 1 nitrogen and oxygen atoms in total. The molecule has 0 atom stereocenters. The van der Waals surface area contributed by atoms with E-state index < -0.39 is 0 Å². The van der Waals surface area contributed by atoms with Crippen molar-refractivity contribution in [2.45, 2.75) is 195 Å². The molecule has 5 aromatic rings. The van der Waals surface area contributed by atoms with Crippen LogP contribution in [0.15, 0.2) is 103 Å². The second kappa shape index (κ2) is 22.3. The molecule has 0 spiro atoms. The van der Waals surface area contributed by atoms with E-state index >= 15 is 0 Å². The molecular formula is C60H81N. The zero-order valence-electron chi connectivity index (χ0n) is 39.9. The Labute approximate surface area is 373 Å². The molecule has 1 heteroatoms. The lowest BCUT2D eigenvalue weighted by Gasteiger charge is -2.42. The van der Waals surface area contributed by atoms with Crippen LogP contribution in [0.25, 0.3) is 33.4 Å². The lowest BCUT2D eigenvalue weighted by molar-refractivity contribution is 0.428. The Morgan fingerprint density at radius 3 is 1.41 bits per heavy atom. The first-order valence-electron chi connectivity index (χ1n) is 25.1. The minimum atomic E-state index is -0.0171. The zero-order valence-corrected chi connectivity index (χ0v) is 39.9. The van der Waals surface area contributed by atoms with Crippen LogP contribution in [0.1, 0.15) is 186 Å². The lowest BCUT2D eigenvalue weighted by Crippen LogP contribution is -2.42. The van der Waals surface area contributed by atoms with Gasteiger partial charge >= 0.3 is 0 Å². The summed E-state index contributed by atoms with van der Waals surface area (Å²) in [4.78, 5) is 2.64. The summed E-state index contributed by atoms with van der Waals surface area (Å²) in [5.74, 6) is 0. The van der Waals surface area contributed by atoms with Gasteiger partial charge in [-0.25, -0.2) is 0 Å². The molecule has 0 radical (unpaired) electrons.